The summed E-state index contributed by atoms with van der Waals surface area (Å²) in [5.41, 5.74) is 5.44. The Bertz CT molecular complexity index is 203. The number of hydrogen-bond donors (Lipinski definition) is 1. The van der Waals surface area contributed by atoms with Gasteiger partial charge in [-0.3, -0.25) is 4.79 Å². The third-order valence-electron chi connectivity index (χ3n) is 1.98. The van der Waals surface area contributed by atoms with Gasteiger partial charge in [0.1, 0.15) is 12.1 Å². The summed E-state index contributed by atoms with van der Waals surface area (Å²) in [5.74, 6) is 1.97. The van der Waals surface area contributed by atoms with Gasteiger partial charge < -0.3 is 10.5 Å². The van der Waals surface area contributed by atoms with Gasteiger partial charge in [0.2, 0.25) is 0 Å². The second-order valence-corrected chi connectivity index (χ2v) is 3.00. The molecule has 0 aromatic carbocycles. The van der Waals surface area contributed by atoms with E-state index in [1.165, 1.54) is 0 Å². The lowest BCUT2D eigenvalue weighted by Crippen LogP contribution is -2.36. The van der Waals surface area contributed by atoms with Gasteiger partial charge in [-0.1, -0.05) is 0 Å². The molecular weight excluding hydrogens is 154 g/mol. The zero-order valence-electron chi connectivity index (χ0n) is 6.95. The number of hydrogen-bond acceptors (Lipinski definition) is 3. The van der Waals surface area contributed by atoms with Gasteiger partial charge in [0.25, 0.3) is 0 Å². The van der Waals surface area contributed by atoms with E-state index in [9.17, 15) is 4.79 Å². The van der Waals surface area contributed by atoms with E-state index in [1.54, 1.807) is 0 Å². The van der Waals surface area contributed by atoms with E-state index in [4.69, 9.17) is 16.9 Å². The molecule has 1 unspecified atom stereocenters. The van der Waals surface area contributed by atoms with E-state index in [1.807, 2.05) is 0 Å². The molecule has 1 fully saturated rings. The molecule has 0 spiro atoms. The van der Waals surface area contributed by atoms with E-state index in [-0.39, 0.29) is 18.5 Å². The molecule has 66 valence electrons. The molecular formula is C9H13NO2. The Morgan fingerprint density at radius 2 is 2.42 bits per heavy atom. The van der Waals surface area contributed by atoms with Crippen LogP contribution in [0.1, 0.15) is 25.7 Å². The average molecular weight is 167 g/mol. The summed E-state index contributed by atoms with van der Waals surface area (Å²) in [7, 11) is 0. The minimum Gasteiger partial charge on any atom is -0.461 e. The first-order valence-electron chi connectivity index (χ1n) is 4.13. The zero-order chi connectivity index (χ0) is 8.97. The number of ether oxygens (including phenoxy) is 1. The number of rotatable bonds is 3. The summed E-state index contributed by atoms with van der Waals surface area (Å²) in [5, 5.41) is 0. The van der Waals surface area contributed by atoms with Crippen molar-refractivity contribution in [3.8, 4) is 12.3 Å². The normalized spacial score (nSPS) is 19.0. The van der Waals surface area contributed by atoms with Gasteiger partial charge in [-0.15, -0.1) is 12.3 Å². The van der Waals surface area contributed by atoms with E-state index in [2.05, 4.69) is 5.92 Å². The zero-order valence-corrected chi connectivity index (χ0v) is 6.95. The van der Waals surface area contributed by atoms with Gasteiger partial charge in [-0.2, -0.15) is 0 Å². The summed E-state index contributed by atoms with van der Waals surface area (Å²) in [4.78, 5) is 11.1. The Labute approximate surface area is 72.3 Å². The van der Waals surface area contributed by atoms with Crippen LogP contribution < -0.4 is 5.73 Å². The Morgan fingerprint density at radius 3 is 2.83 bits per heavy atom. The van der Waals surface area contributed by atoms with E-state index < -0.39 is 6.04 Å². The molecule has 3 heteroatoms. The van der Waals surface area contributed by atoms with E-state index in [0.717, 1.165) is 19.3 Å². The molecule has 0 aliphatic heterocycles. The molecule has 0 radical (unpaired) electrons. The van der Waals surface area contributed by atoms with Gasteiger partial charge in [0, 0.05) is 6.42 Å². The van der Waals surface area contributed by atoms with Crippen molar-refractivity contribution in [1.29, 1.82) is 0 Å². The van der Waals surface area contributed by atoms with Crippen LogP contribution in [-0.4, -0.2) is 18.1 Å². The lowest BCUT2D eigenvalue weighted by molar-refractivity contribution is -0.154. The maximum atomic E-state index is 11.1. The van der Waals surface area contributed by atoms with E-state index >= 15 is 0 Å². The molecule has 3 nitrogen and oxygen atoms in total. The minimum absolute atomic E-state index is 0.0984. The minimum atomic E-state index is -0.643. The molecule has 1 rings (SSSR count). The third kappa shape index (κ3) is 2.24. The first-order chi connectivity index (χ1) is 5.74. The van der Waals surface area contributed by atoms with Crippen molar-refractivity contribution in [1.82, 2.24) is 0 Å². The van der Waals surface area contributed by atoms with Crippen LogP contribution in [0.15, 0.2) is 0 Å². The highest BCUT2D eigenvalue weighted by atomic mass is 16.5. The summed E-state index contributed by atoms with van der Waals surface area (Å²) in [6, 6.07) is -0.643. The van der Waals surface area contributed by atoms with Crippen LogP contribution in [-0.2, 0) is 9.53 Å². The Hall–Kier alpha value is -1.01. The molecule has 1 saturated carbocycles. The summed E-state index contributed by atoms with van der Waals surface area (Å²) in [6.07, 6.45) is 8.44. The molecule has 0 heterocycles. The third-order valence-corrected chi connectivity index (χ3v) is 1.98. The SMILES string of the molecule is C#CCC(N)C(=O)OC1CCC1. The fourth-order valence-electron chi connectivity index (χ4n) is 0.951. The summed E-state index contributed by atoms with van der Waals surface area (Å²) < 4.78 is 5.04. The number of nitrogens with two attached hydrogens (primary N) is 1. The predicted octanol–water partition coefficient (Wildman–Crippen LogP) is 0.433. The Kier molecular flexibility index (Phi) is 3.12. The largest absolute Gasteiger partial charge is 0.461 e. The maximum Gasteiger partial charge on any atom is 0.324 e. The highest BCUT2D eigenvalue weighted by Crippen LogP contribution is 2.22. The van der Waals surface area contributed by atoms with Gasteiger partial charge in [-0.25, -0.2) is 0 Å². The smallest absolute Gasteiger partial charge is 0.324 e. The van der Waals surface area contributed by atoms with Crippen molar-refractivity contribution in [3.05, 3.63) is 0 Å². The standard InChI is InChI=1S/C9H13NO2/c1-2-4-8(10)9(11)12-7-5-3-6-7/h1,7-8H,3-6,10H2. The molecule has 0 amide bonds. The molecule has 2 N–H and O–H groups in total. The van der Waals surface area contributed by atoms with Crippen molar-refractivity contribution in [2.24, 2.45) is 5.73 Å². The Balaban J connectivity index is 2.22. The average Bonchev–Trinajstić information content (AvgIpc) is 1.97. The lowest BCUT2D eigenvalue weighted by Gasteiger charge is -2.26. The van der Waals surface area contributed by atoms with Crippen molar-refractivity contribution >= 4 is 5.97 Å². The number of esters is 1. The van der Waals surface area contributed by atoms with Gasteiger partial charge >= 0.3 is 5.97 Å². The van der Waals surface area contributed by atoms with Gasteiger partial charge in [-0.05, 0) is 19.3 Å². The highest BCUT2D eigenvalue weighted by molar-refractivity contribution is 5.76. The topological polar surface area (TPSA) is 52.3 Å². The van der Waals surface area contributed by atoms with Crippen molar-refractivity contribution < 1.29 is 9.53 Å². The van der Waals surface area contributed by atoms with Crippen LogP contribution in [0, 0.1) is 12.3 Å². The number of carbonyl (C=O) groups is 1. The van der Waals surface area contributed by atoms with Crippen molar-refractivity contribution in [3.63, 3.8) is 0 Å². The van der Waals surface area contributed by atoms with Crippen molar-refractivity contribution in [2.75, 3.05) is 0 Å². The van der Waals surface area contributed by atoms with Crippen LogP contribution in [0.2, 0.25) is 0 Å². The maximum absolute atomic E-state index is 11.1. The van der Waals surface area contributed by atoms with Gasteiger partial charge in [0.15, 0.2) is 0 Å². The molecule has 0 saturated heterocycles. The first-order valence-corrected chi connectivity index (χ1v) is 4.13. The van der Waals surface area contributed by atoms with Gasteiger partial charge in [0.05, 0.1) is 0 Å². The molecule has 0 aromatic rings. The molecule has 0 aromatic heterocycles. The second-order valence-electron chi connectivity index (χ2n) is 3.00. The highest BCUT2D eigenvalue weighted by Gasteiger charge is 2.24. The monoisotopic (exact) mass is 167 g/mol. The number of carbonyl (C=O) groups excluding carboxylic acids is 1. The van der Waals surface area contributed by atoms with E-state index in [0.29, 0.717) is 0 Å². The van der Waals surface area contributed by atoms with Crippen LogP contribution in [0.5, 0.6) is 0 Å². The van der Waals surface area contributed by atoms with Crippen LogP contribution >= 0.6 is 0 Å². The van der Waals surface area contributed by atoms with Crippen LogP contribution in [0.4, 0.5) is 0 Å². The van der Waals surface area contributed by atoms with Crippen molar-refractivity contribution in [2.45, 2.75) is 37.8 Å². The molecule has 1 aliphatic carbocycles. The lowest BCUT2D eigenvalue weighted by atomic mass is 9.96. The van der Waals surface area contributed by atoms with Crippen LogP contribution in [0.25, 0.3) is 0 Å². The molecule has 1 atom stereocenters. The summed E-state index contributed by atoms with van der Waals surface area (Å²) in [6.45, 7) is 0. The predicted molar refractivity (Wildman–Crippen MR) is 45.2 cm³/mol. The fourth-order valence-corrected chi connectivity index (χ4v) is 0.951. The fraction of sp³-hybridized carbons (Fsp3) is 0.667. The number of terminal acetylenes is 1. The Morgan fingerprint density at radius 1 is 1.75 bits per heavy atom. The van der Waals surface area contributed by atoms with Crippen LogP contribution in [0.3, 0.4) is 0 Å². The first kappa shape index (κ1) is 9.08. The molecule has 12 heavy (non-hydrogen) atoms. The second kappa shape index (κ2) is 4.13. The quantitative estimate of drug-likeness (QED) is 0.490. The molecule has 1 aliphatic rings. The summed E-state index contributed by atoms with van der Waals surface area (Å²) >= 11 is 0. The molecule has 0 bridgehead atoms.